The zero-order chi connectivity index (χ0) is 22.5. The quantitative estimate of drug-likeness (QED) is 0.536. The van der Waals surface area contributed by atoms with Crippen LogP contribution in [0, 0.1) is 0 Å². The highest BCUT2D eigenvalue weighted by atomic mass is 35.5. The van der Waals surface area contributed by atoms with E-state index >= 15 is 0 Å². The van der Waals surface area contributed by atoms with Gasteiger partial charge in [0.25, 0.3) is 0 Å². The largest absolute Gasteiger partial charge is 0.492 e. The molecule has 0 atom stereocenters. The molecule has 7 heteroatoms. The number of halogens is 1. The maximum Gasteiger partial charge on any atom is 0.136 e. The Morgan fingerprint density at radius 2 is 1.94 bits per heavy atom. The molecule has 6 nitrogen and oxygen atoms in total. The van der Waals surface area contributed by atoms with E-state index in [4.69, 9.17) is 26.1 Å². The number of aromatic nitrogens is 1. The maximum absolute atomic E-state index is 6.47. The van der Waals surface area contributed by atoms with Crippen molar-refractivity contribution in [1.82, 2.24) is 9.88 Å². The Kier molecular flexibility index (Phi) is 6.86. The summed E-state index contributed by atoms with van der Waals surface area (Å²) in [6.07, 6.45) is 2.75. The van der Waals surface area contributed by atoms with Crippen molar-refractivity contribution in [2.24, 2.45) is 4.99 Å². The van der Waals surface area contributed by atoms with Crippen LogP contribution in [-0.4, -0.2) is 55.6 Å². The zero-order valence-electron chi connectivity index (χ0n) is 18.5. The van der Waals surface area contributed by atoms with Gasteiger partial charge in [0.15, 0.2) is 0 Å². The molecule has 33 heavy (non-hydrogen) atoms. The van der Waals surface area contributed by atoms with E-state index in [1.807, 2.05) is 54.7 Å². The molecule has 3 aromatic rings. The van der Waals surface area contributed by atoms with Gasteiger partial charge in [-0.25, -0.2) is 4.98 Å². The third-order valence-electron chi connectivity index (χ3n) is 5.93. The lowest BCUT2D eigenvalue weighted by Gasteiger charge is -2.26. The number of aliphatic imine (C=N–C) groups is 1. The van der Waals surface area contributed by atoms with E-state index in [0.29, 0.717) is 18.2 Å². The van der Waals surface area contributed by atoms with E-state index in [2.05, 4.69) is 21.3 Å². The molecule has 1 saturated heterocycles. The van der Waals surface area contributed by atoms with Gasteiger partial charge in [-0.05, 0) is 29.8 Å². The Morgan fingerprint density at radius 3 is 2.82 bits per heavy atom. The summed E-state index contributed by atoms with van der Waals surface area (Å²) in [4.78, 5) is 11.8. The average molecular weight is 463 g/mol. The third kappa shape index (κ3) is 5.36. The highest BCUT2D eigenvalue weighted by Gasteiger charge is 2.17. The minimum Gasteiger partial charge on any atom is -0.492 e. The molecular weight excluding hydrogens is 436 g/mol. The van der Waals surface area contributed by atoms with E-state index in [1.54, 1.807) is 0 Å². The molecule has 2 aromatic carbocycles. The molecule has 1 aromatic heterocycles. The molecule has 0 saturated carbocycles. The van der Waals surface area contributed by atoms with Crippen molar-refractivity contribution in [3.05, 3.63) is 70.7 Å². The molecular formula is C26H27ClN4O2. The van der Waals surface area contributed by atoms with Gasteiger partial charge >= 0.3 is 0 Å². The smallest absolute Gasteiger partial charge is 0.136 e. The summed E-state index contributed by atoms with van der Waals surface area (Å²) < 4.78 is 11.4. The van der Waals surface area contributed by atoms with Gasteiger partial charge in [0.1, 0.15) is 18.2 Å². The number of hydrogen-bond acceptors (Lipinski definition) is 6. The second-order valence-electron chi connectivity index (χ2n) is 8.16. The standard InChI is InChI=1S/C26H27ClN4O2/c27-24-7-2-1-6-22(24)25-16-19-8-9-28-18-23(19)26(30-25)29-20-4-3-5-21(17-20)33-15-12-31-10-13-32-14-11-31/h1-7,9,16-17H,8,10-15,18H2,(H,29,30). The van der Waals surface area contributed by atoms with Crippen LogP contribution in [0.2, 0.25) is 5.02 Å². The minimum atomic E-state index is 0.614. The van der Waals surface area contributed by atoms with Gasteiger partial charge in [0.05, 0.1) is 25.5 Å². The molecule has 2 aliphatic heterocycles. The van der Waals surface area contributed by atoms with Crippen LogP contribution >= 0.6 is 11.6 Å². The van der Waals surface area contributed by atoms with Gasteiger partial charge in [-0.15, -0.1) is 0 Å². The Bertz CT molecular complexity index is 1140. The van der Waals surface area contributed by atoms with E-state index in [9.17, 15) is 0 Å². The molecule has 170 valence electrons. The molecule has 0 aliphatic carbocycles. The molecule has 1 N–H and O–H groups in total. The lowest BCUT2D eigenvalue weighted by Crippen LogP contribution is -2.38. The molecule has 0 radical (unpaired) electrons. The first-order valence-corrected chi connectivity index (χ1v) is 11.7. The van der Waals surface area contributed by atoms with Gasteiger partial charge in [-0.2, -0.15) is 0 Å². The van der Waals surface area contributed by atoms with Crippen molar-refractivity contribution in [3.8, 4) is 17.0 Å². The summed E-state index contributed by atoms with van der Waals surface area (Å²) >= 11 is 6.47. The van der Waals surface area contributed by atoms with E-state index in [0.717, 1.165) is 73.3 Å². The summed E-state index contributed by atoms with van der Waals surface area (Å²) in [6.45, 7) is 5.69. The van der Waals surface area contributed by atoms with Gasteiger partial charge in [0.2, 0.25) is 0 Å². The van der Waals surface area contributed by atoms with Crippen molar-refractivity contribution in [3.63, 3.8) is 0 Å². The normalized spacial score (nSPS) is 15.8. The molecule has 1 fully saturated rings. The fourth-order valence-corrected chi connectivity index (χ4v) is 4.36. The molecule has 5 rings (SSSR count). The molecule has 0 bridgehead atoms. The first-order valence-electron chi connectivity index (χ1n) is 11.3. The highest BCUT2D eigenvalue weighted by Crippen LogP contribution is 2.33. The monoisotopic (exact) mass is 462 g/mol. The number of ether oxygens (including phenoxy) is 2. The Balaban J connectivity index is 1.35. The van der Waals surface area contributed by atoms with E-state index in [1.165, 1.54) is 5.56 Å². The average Bonchev–Trinajstić information content (AvgIpc) is 2.85. The van der Waals surface area contributed by atoms with Crippen molar-refractivity contribution in [1.29, 1.82) is 0 Å². The van der Waals surface area contributed by atoms with Gasteiger partial charge in [-0.1, -0.05) is 35.9 Å². The summed E-state index contributed by atoms with van der Waals surface area (Å²) in [7, 11) is 0. The van der Waals surface area contributed by atoms with Crippen LogP contribution in [0.25, 0.3) is 11.3 Å². The molecule has 0 spiro atoms. The van der Waals surface area contributed by atoms with Crippen molar-refractivity contribution in [2.75, 3.05) is 44.8 Å². The SMILES string of the molecule is Clc1ccccc1-c1cc2c(c(Nc3cccc(OCCN4CCOCC4)c3)n1)CN=CC2. The number of pyridine rings is 1. The lowest BCUT2D eigenvalue weighted by atomic mass is 10.0. The number of anilines is 2. The van der Waals surface area contributed by atoms with Gasteiger partial charge in [0, 0.05) is 60.2 Å². The first-order chi connectivity index (χ1) is 16.3. The van der Waals surface area contributed by atoms with Crippen molar-refractivity contribution >= 4 is 29.3 Å². The first kappa shape index (κ1) is 21.9. The van der Waals surface area contributed by atoms with Gasteiger partial charge < -0.3 is 14.8 Å². The number of fused-ring (bicyclic) bond motifs is 1. The molecule has 0 amide bonds. The minimum absolute atomic E-state index is 0.614. The molecule has 2 aliphatic rings. The van der Waals surface area contributed by atoms with Gasteiger partial charge in [-0.3, -0.25) is 9.89 Å². The fraction of sp³-hybridized carbons (Fsp3) is 0.308. The van der Waals surface area contributed by atoms with Crippen LogP contribution in [0.3, 0.4) is 0 Å². The summed E-state index contributed by atoms with van der Waals surface area (Å²) in [5.41, 5.74) is 5.05. The van der Waals surface area contributed by atoms with Crippen LogP contribution in [0.5, 0.6) is 5.75 Å². The van der Waals surface area contributed by atoms with Crippen LogP contribution in [0.4, 0.5) is 11.5 Å². The highest BCUT2D eigenvalue weighted by molar-refractivity contribution is 6.33. The number of nitrogens with zero attached hydrogens (tertiary/aromatic N) is 3. The summed E-state index contributed by atoms with van der Waals surface area (Å²) in [5, 5.41) is 4.20. The Morgan fingerprint density at radius 1 is 1.06 bits per heavy atom. The van der Waals surface area contributed by atoms with E-state index in [-0.39, 0.29) is 0 Å². The summed E-state index contributed by atoms with van der Waals surface area (Å²) in [6, 6.07) is 17.9. The predicted octanol–water partition coefficient (Wildman–Crippen LogP) is 4.98. The Labute approximate surface area is 199 Å². The van der Waals surface area contributed by atoms with Crippen LogP contribution < -0.4 is 10.1 Å². The lowest BCUT2D eigenvalue weighted by molar-refractivity contribution is 0.0322. The maximum atomic E-state index is 6.47. The Hall–Kier alpha value is -2.93. The second kappa shape index (κ2) is 10.3. The van der Waals surface area contributed by atoms with Crippen LogP contribution in [0.15, 0.2) is 59.6 Å². The molecule has 3 heterocycles. The van der Waals surface area contributed by atoms with Crippen LogP contribution in [-0.2, 0) is 17.7 Å². The van der Waals surface area contributed by atoms with Crippen molar-refractivity contribution < 1.29 is 9.47 Å². The number of nitrogens with one attached hydrogen (secondary N) is 1. The molecule has 0 unspecified atom stereocenters. The van der Waals surface area contributed by atoms with E-state index < -0.39 is 0 Å². The zero-order valence-corrected chi connectivity index (χ0v) is 19.2. The second-order valence-corrected chi connectivity index (χ2v) is 8.56. The topological polar surface area (TPSA) is 59.0 Å². The number of benzene rings is 2. The number of morpholine rings is 1. The predicted molar refractivity (Wildman–Crippen MR) is 133 cm³/mol. The van der Waals surface area contributed by atoms with Crippen LogP contribution in [0.1, 0.15) is 11.1 Å². The number of rotatable bonds is 7. The summed E-state index contributed by atoms with van der Waals surface area (Å²) in [5.74, 6) is 1.65. The van der Waals surface area contributed by atoms with Crippen molar-refractivity contribution in [2.45, 2.75) is 13.0 Å². The number of hydrogen-bond donors (Lipinski definition) is 1. The fourth-order valence-electron chi connectivity index (χ4n) is 4.13. The third-order valence-corrected chi connectivity index (χ3v) is 6.26.